The third kappa shape index (κ3) is 7.52. The largest absolute Gasteiger partial charge is 0.396 e. The van der Waals surface area contributed by atoms with Gasteiger partial charge >= 0.3 is 0 Å². The summed E-state index contributed by atoms with van der Waals surface area (Å²) in [6.07, 6.45) is -25.2. The Hall–Kier alpha value is -1.02. The van der Waals surface area contributed by atoms with Crippen LogP contribution >= 0.6 is 0 Å². The molecule has 45 heavy (non-hydrogen) atoms. The van der Waals surface area contributed by atoms with Gasteiger partial charge in [0.1, 0.15) is 73.2 Å². The highest BCUT2D eigenvalue weighted by Gasteiger charge is 2.51. The minimum atomic E-state index is -1.89. The van der Waals surface area contributed by atoms with Gasteiger partial charge in [-0.3, -0.25) is 0 Å². The van der Waals surface area contributed by atoms with Crippen molar-refractivity contribution in [2.24, 2.45) is 5.92 Å². The van der Waals surface area contributed by atoms with E-state index in [1.165, 1.54) is 6.08 Å². The van der Waals surface area contributed by atoms with Crippen molar-refractivity contribution in [3.05, 3.63) is 11.6 Å². The molecule has 0 bridgehead atoms. The molecule has 4 rings (SSSR count). The molecule has 0 aromatic rings. The SMILES string of the molecule is OCC1=C[C@@H](N[C@@H]2C[C@@H](CO)[C@H](O[C@H]3O[C@H](CO[C@@H]4O[C@@H](CO)[C@H](O)[C@H](O)[C@H]4O)[C@H](O)[C@@H](O)[C@H]3O)[C@@H](O)[C@@H]2O)[C@H](O)[C@@H](O)[C@@H]1O. The molecule has 1 saturated carbocycles. The maximum absolute atomic E-state index is 11.0. The van der Waals surface area contributed by atoms with Gasteiger partial charge in [-0.1, -0.05) is 6.08 Å². The van der Waals surface area contributed by atoms with Crippen LogP contribution in [0.25, 0.3) is 0 Å². The van der Waals surface area contributed by atoms with Crippen LogP contribution in [0.15, 0.2) is 11.6 Å². The van der Waals surface area contributed by atoms with Crippen LogP contribution in [-0.2, 0) is 18.9 Å². The minimum absolute atomic E-state index is 0.0188. The quantitative estimate of drug-likeness (QED) is 0.0968. The predicted octanol–water partition coefficient (Wildman–Crippen LogP) is -8.93. The van der Waals surface area contributed by atoms with Crippen LogP contribution in [-0.4, -0.2) is 208 Å². The molecular formula is C26H45NO18. The Morgan fingerprint density at radius 1 is 0.644 bits per heavy atom. The number of aliphatic hydroxyl groups excluding tert-OH is 14. The molecular weight excluding hydrogens is 614 g/mol. The van der Waals surface area contributed by atoms with Gasteiger partial charge in [-0.25, -0.2) is 0 Å². The summed E-state index contributed by atoms with van der Waals surface area (Å²) < 4.78 is 21.9. The number of ether oxygens (including phenoxy) is 4. The molecule has 2 aliphatic heterocycles. The Bertz CT molecular complexity index is 974. The Labute approximate surface area is 256 Å². The molecule has 2 saturated heterocycles. The zero-order valence-electron chi connectivity index (χ0n) is 24.0. The standard InChI is InChI=1S/C26H45NO18/c28-3-7-1-9(14(32)18(36)13(7)31)27-10-2-8(4-29)24(21(39)15(10)33)45-26-23(41)20(38)17(35)12(44-26)6-42-25-22(40)19(37)16(34)11(5-30)43-25/h1,8-41H,2-6H2/t8-,9+,10+,11-,12+,13+,14-,15+,16-,17-,18-,19-,20+,21-,22+,23+,24-,25+,26+/m0/s1. The minimum Gasteiger partial charge on any atom is -0.396 e. The number of aliphatic hydroxyl groups is 14. The van der Waals surface area contributed by atoms with Crippen molar-refractivity contribution < 1.29 is 90.4 Å². The summed E-state index contributed by atoms with van der Waals surface area (Å²) in [5, 5.41) is 146. The number of hydrogen-bond donors (Lipinski definition) is 15. The van der Waals surface area contributed by atoms with E-state index in [2.05, 4.69) is 5.32 Å². The number of rotatable bonds is 10. The Kier molecular flexibility index (Phi) is 12.7. The zero-order valence-corrected chi connectivity index (χ0v) is 24.0. The highest BCUT2D eigenvalue weighted by molar-refractivity contribution is 5.22. The van der Waals surface area contributed by atoms with Crippen LogP contribution in [0.3, 0.4) is 0 Å². The van der Waals surface area contributed by atoms with E-state index in [0.29, 0.717) is 0 Å². The van der Waals surface area contributed by atoms with Crippen LogP contribution in [0.4, 0.5) is 0 Å². The average Bonchev–Trinajstić information content (AvgIpc) is 3.03. The topological polar surface area (TPSA) is 332 Å². The third-order valence-corrected chi connectivity index (χ3v) is 8.99. The van der Waals surface area contributed by atoms with E-state index in [1.807, 2.05) is 0 Å². The Balaban J connectivity index is 1.42. The van der Waals surface area contributed by atoms with E-state index in [9.17, 15) is 71.5 Å². The second-order valence-corrected chi connectivity index (χ2v) is 11.9. The third-order valence-electron chi connectivity index (χ3n) is 8.99. The van der Waals surface area contributed by atoms with Crippen molar-refractivity contribution in [2.45, 2.75) is 117 Å². The van der Waals surface area contributed by atoms with E-state index in [4.69, 9.17) is 18.9 Å². The fourth-order valence-electron chi connectivity index (χ4n) is 6.15. The molecule has 0 aromatic carbocycles. The van der Waals surface area contributed by atoms with E-state index in [1.54, 1.807) is 0 Å². The van der Waals surface area contributed by atoms with E-state index < -0.39 is 142 Å². The lowest BCUT2D eigenvalue weighted by atomic mass is 9.78. The molecule has 2 heterocycles. The fraction of sp³-hybridized carbons (Fsp3) is 0.923. The maximum atomic E-state index is 11.0. The first kappa shape index (κ1) is 36.8. The molecule has 19 atom stereocenters. The van der Waals surface area contributed by atoms with Gasteiger partial charge < -0.3 is 95.8 Å². The van der Waals surface area contributed by atoms with Crippen LogP contribution in [0, 0.1) is 5.92 Å². The molecule has 19 heteroatoms. The lowest BCUT2D eigenvalue weighted by Gasteiger charge is -2.47. The van der Waals surface area contributed by atoms with Crippen molar-refractivity contribution >= 4 is 0 Å². The lowest BCUT2D eigenvalue weighted by Crippen LogP contribution is -2.66. The maximum Gasteiger partial charge on any atom is 0.187 e. The molecule has 3 fully saturated rings. The average molecular weight is 660 g/mol. The van der Waals surface area contributed by atoms with E-state index >= 15 is 0 Å². The first-order valence-corrected chi connectivity index (χ1v) is 14.6. The molecule has 262 valence electrons. The van der Waals surface area contributed by atoms with Gasteiger partial charge in [-0.05, 0) is 12.0 Å². The summed E-state index contributed by atoms with van der Waals surface area (Å²) in [5.41, 5.74) is 0.0188. The molecule has 0 aromatic heterocycles. The van der Waals surface area contributed by atoms with Crippen molar-refractivity contribution in [2.75, 3.05) is 26.4 Å². The Morgan fingerprint density at radius 3 is 1.84 bits per heavy atom. The molecule has 0 radical (unpaired) electrons. The second kappa shape index (κ2) is 15.5. The first-order valence-electron chi connectivity index (χ1n) is 14.6. The summed E-state index contributed by atoms with van der Waals surface area (Å²) in [6, 6.07) is -2.08. The van der Waals surface area contributed by atoms with Crippen LogP contribution in [0.2, 0.25) is 0 Å². The summed E-state index contributed by atoms with van der Waals surface area (Å²) >= 11 is 0. The van der Waals surface area contributed by atoms with Crippen molar-refractivity contribution in [3.8, 4) is 0 Å². The van der Waals surface area contributed by atoms with Gasteiger partial charge in [0.2, 0.25) is 0 Å². The van der Waals surface area contributed by atoms with Crippen molar-refractivity contribution in [3.63, 3.8) is 0 Å². The predicted molar refractivity (Wildman–Crippen MR) is 142 cm³/mol. The van der Waals surface area contributed by atoms with Crippen molar-refractivity contribution in [1.82, 2.24) is 5.32 Å². The summed E-state index contributed by atoms with van der Waals surface area (Å²) in [6.45, 7) is -2.59. The molecule has 0 spiro atoms. The van der Waals surface area contributed by atoms with E-state index in [0.717, 1.165) is 0 Å². The molecule has 4 aliphatic rings. The molecule has 2 aliphatic carbocycles. The van der Waals surface area contributed by atoms with Gasteiger partial charge in [0.25, 0.3) is 0 Å². The van der Waals surface area contributed by atoms with E-state index in [-0.39, 0.29) is 12.0 Å². The summed E-state index contributed by atoms with van der Waals surface area (Å²) in [5.74, 6) is -0.943. The second-order valence-electron chi connectivity index (χ2n) is 11.9. The van der Waals surface area contributed by atoms with Gasteiger partial charge in [0, 0.05) is 18.6 Å². The molecule has 0 amide bonds. The van der Waals surface area contributed by atoms with Crippen LogP contribution in [0.5, 0.6) is 0 Å². The number of nitrogens with one attached hydrogen (secondary N) is 1. The smallest absolute Gasteiger partial charge is 0.187 e. The van der Waals surface area contributed by atoms with Gasteiger partial charge in [0.15, 0.2) is 12.6 Å². The normalized spacial score (nSPS) is 51.2. The zero-order chi connectivity index (χ0) is 33.3. The van der Waals surface area contributed by atoms with Crippen LogP contribution < -0.4 is 5.32 Å². The highest BCUT2D eigenvalue weighted by atomic mass is 16.7. The summed E-state index contributed by atoms with van der Waals surface area (Å²) in [4.78, 5) is 0. The molecule has 19 nitrogen and oxygen atoms in total. The fourth-order valence-corrected chi connectivity index (χ4v) is 6.15. The molecule has 0 unspecified atom stereocenters. The van der Waals surface area contributed by atoms with Gasteiger partial charge in [0.05, 0.1) is 38.1 Å². The number of hydrogen-bond acceptors (Lipinski definition) is 19. The highest BCUT2D eigenvalue weighted by Crippen LogP contribution is 2.33. The van der Waals surface area contributed by atoms with Gasteiger partial charge in [-0.2, -0.15) is 0 Å². The lowest BCUT2D eigenvalue weighted by molar-refractivity contribution is -0.344. The van der Waals surface area contributed by atoms with Gasteiger partial charge in [-0.15, -0.1) is 0 Å². The summed E-state index contributed by atoms with van der Waals surface area (Å²) in [7, 11) is 0. The monoisotopic (exact) mass is 659 g/mol. The first-order chi connectivity index (χ1) is 21.2. The van der Waals surface area contributed by atoms with Crippen LogP contribution in [0.1, 0.15) is 6.42 Å². The Morgan fingerprint density at radius 2 is 1.24 bits per heavy atom. The van der Waals surface area contributed by atoms with Crippen molar-refractivity contribution in [1.29, 1.82) is 0 Å². The molecule has 15 N–H and O–H groups in total.